The Hall–Kier alpha value is -1.26. The highest BCUT2D eigenvalue weighted by atomic mass is 35.5. The molecule has 0 unspecified atom stereocenters. The van der Waals surface area contributed by atoms with Crippen molar-refractivity contribution in [3.63, 3.8) is 0 Å². The van der Waals surface area contributed by atoms with Gasteiger partial charge in [0.25, 0.3) is 0 Å². The highest BCUT2D eigenvalue weighted by molar-refractivity contribution is 5.85. The molecule has 1 aromatic rings. The van der Waals surface area contributed by atoms with Gasteiger partial charge in [-0.1, -0.05) is 19.1 Å². The van der Waals surface area contributed by atoms with E-state index in [-0.39, 0.29) is 24.1 Å². The van der Waals surface area contributed by atoms with Gasteiger partial charge in [0.2, 0.25) is 0 Å². The summed E-state index contributed by atoms with van der Waals surface area (Å²) in [6.07, 6.45) is 0. The molecule has 0 saturated heterocycles. The Bertz CT molecular complexity index is 326. The zero-order chi connectivity index (χ0) is 10.7. The van der Waals surface area contributed by atoms with Crippen LogP contribution in [0.1, 0.15) is 18.4 Å². The van der Waals surface area contributed by atoms with E-state index < -0.39 is 12.0 Å². The lowest BCUT2D eigenvalue weighted by molar-refractivity contribution is -0.139. The van der Waals surface area contributed by atoms with Crippen LogP contribution < -0.4 is 5.73 Å². The van der Waals surface area contributed by atoms with Crippen LogP contribution in [0.5, 0.6) is 5.75 Å². The number of benzene rings is 1. The van der Waals surface area contributed by atoms with E-state index in [0.717, 1.165) is 5.56 Å². The third-order valence-corrected chi connectivity index (χ3v) is 2.24. The van der Waals surface area contributed by atoms with Gasteiger partial charge in [-0.15, -0.1) is 12.4 Å². The maximum absolute atomic E-state index is 10.6. The third-order valence-electron chi connectivity index (χ3n) is 2.24. The molecule has 5 heteroatoms. The smallest absolute Gasteiger partial charge is 0.321 e. The van der Waals surface area contributed by atoms with E-state index in [2.05, 4.69) is 0 Å². The van der Waals surface area contributed by atoms with E-state index in [9.17, 15) is 4.79 Å². The Balaban J connectivity index is 0.00000196. The fourth-order valence-corrected chi connectivity index (χ4v) is 1.20. The summed E-state index contributed by atoms with van der Waals surface area (Å²) in [4.78, 5) is 10.6. The number of nitrogens with two attached hydrogens (primary N) is 1. The predicted octanol–water partition coefficient (Wildman–Crippen LogP) is 1.33. The second-order valence-electron chi connectivity index (χ2n) is 3.24. The molecule has 0 amide bonds. The summed E-state index contributed by atoms with van der Waals surface area (Å²) < 4.78 is 0. The van der Waals surface area contributed by atoms with Gasteiger partial charge in [0, 0.05) is 5.92 Å². The van der Waals surface area contributed by atoms with Crippen LogP contribution in [0.3, 0.4) is 0 Å². The Kier molecular flexibility index (Phi) is 5.11. The molecule has 0 saturated carbocycles. The number of hydrogen-bond acceptors (Lipinski definition) is 3. The number of aliphatic carboxylic acids is 1. The number of rotatable bonds is 3. The molecule has 1 rings (SSSR count). The molecule has 0 aromatic heterocycles. The quantitative estimate of drug-likeness (QED) is 0.733. The number of carboxylic acid groups (broad SMARTS) is 1. The molecule has 4 N–H and O–H groups in total. The van der Waals surface area contributed by atoms with Crippen LogP contribution >= 0.6 is 12.4 Å². The summed E-state index contributed by atoms with van der Waals surface area (Å²) in [5.74, 6) is -1.14. The first kappa shape index (κ1) is 13.7. The third kappa shape index (κ3) is 3.42. The van der Waals surface area contributed by atoms with Crippen LogP contribution in [0.4, 0.5) is 0 Å². The molecule has 0 aliphatic carbocycles. The molecular formula is C10H14ClNO3. The molecule has 0 radical (unpaired) electrons. The van der Waals surface area contributed by atoms with E-state index in [0.29, 0.717) is 0 Å². The molecule has 0 heterocycles. The fourth-order valence-electron chi connectivity index (χ4n) is 1.20. The van der Waals surface area contributed by atoms with Crippen molar-refractivity contribution < 1.29 is 15.0 Å². The Morgan fingerprint density at radius 2 is 1.80 bits per heavy atom. The first-order chi connectivity index (χ1) is 6.52. The van der Waals surface area contributed by atoms with Crippen molar-refractivity contribution >= 4 is 18.4 Å². The maximum Gasteiger partial charge on any atom is 0.321 e. The van der Waals surface area contributed by atoms with Crippen molar-refractivity contribution in [1.82, 2.24) is 0 Å². The lowest BCUT2D eigenvalue weighted by Crippen LogP contribution is -2.35. The Labute approximate surface area is 94.1 Å². The van der Waals surface area contributed by atoms with Crippen LogP contribution in [-0.4, -0.2) is 22.2 Å². The van der Waals surface area contributed by atoms with Gasteiger partial charge in [0.15, 0.2) is 0 Å². The van der Waals surface area contributed by atoms with Crippen molar-refractivity contribution in [3.8, 4) is 5.75 Å². The van der Waals surface area contributed by atoms with Gasteiger partial charge in [0.05, 0.1) is 0 Å². The van der Waals surface area contributed by atoms with E-state index in [4.69, 9.17) is 15.9 Å². The van der Waals surface area contributed by atoms with Crippen LogP contribution in [0.2, 0.25) is 0 Å². The van der Waals surface area contributed by atoms with Crippen molar-refractivity contribution in [3.05, 3.63) is 29.8 Å². The average Bonchev–Trinajstić information content (AvgIpc) is 2.16. The predicted molar refractivity (Wildman–Crippen MR) is 59.4 cm³/mol. The van der Waals surface area contributed by atoms with Gasteiger partial charge in [-0.25, -0.2) is 0 Å². The minimum atomic E-state index is -1.02. The summed E-state index contributed by atoms with van der Waals surface area (Å²) in [6, 6.07) is 5.45. The van der Waals surface area contributed by atoms with Crippen LogP contribution in [0.25, 0.3) is 0 Å². The number of phenols is 1. The normalized spacial score (nSPS) is 13.7. The number of halogens is 1. The molecule has 4 nitrogen and oxygen atoms in total. The monoisotopic (exact) mass is 231 g/mol. The number of carbonyl (C=O) groups is 1. The SMILES string of the molecule is C[C@@H](c1ccc(O)cc1)[C@@H](N)C(=O)O.Cl. The van der Waals surface area contributed by atoms with Crippen LogP contribution in [-0.2, 0) is 4.79 Å². The van der Waals surface area contributed by atoms with Gasteiger partial charge in [-0.05, 0) is 17.7 Å². The summed E-state index contributed by atoms with van der Waals surface area (Å²) >= 11 is 0. The zero-order valence-corrected chi connectivity index (χ0v) is 9.07. The molecular weight excluding hydrogens is 218 g/mol. The standard InChI is InChI=1S/C10H13NO3.ClH/c1-6(9(11)10(13)14)7-2-4-8(12)5-3-7;/h2-6,9,12H,11H2,1H3,(H,13,14);1H/t6-,9+;/m0./s1. The lowest BCUT2D eigenvalue weighted by atomic mass is 9.94. The first-order valence-corrected chi connectivity index (χ1v) is 4.29. The number of phenolic OH excluding ortho intramolecular Hbond substituents is 1. The highest BCUT2D eigenvalue weighted by Crippen LogP contribution is 2.20. The van der Waals surface area contributed by atoms with E-state index in [1.54, 1.807) is 19.1 Å². The number of carboxylic acids is 1. The van der Waals surface area contributed by atoms with Crippen molar-refractivity contribution in [2.24, 2.45) is 5.73 Å². The van der Waals surface area contributed by atoms with Gasteiger partial charge in [0.1, 0.15) is 11.8 Å². The summed E-state index contributed by atoms with van der Waals surface area (Å²) in [5.41, 5.74) is 6.27. The molecule has 0 aliphatic heterocycles. The topological polar surface area (TPSA) is 83.5 Å². The summed E-state index contributed by atoms with van der Waals surface area (Å²) in [6.45, 7) is 1.74. The first-order valence-electron chi connectivity index (χ1n) is 4.29. The number of aromatic hydroxyl groups is 1. The van der Waals surface area contributed by atoms with Gasteiger partial charge >= 0.3 is 5.97 Å². The highest BCUT2D eigenvalue weighted by Gasteiger charge is 2.21. The van der Waals surface area contributed by atoms with Gasteiger partial charge in [-0.2, -0.15) is 0 Å². The zero-order valence-electron chi connectivity index (χ0n) is 8.25. The molecule has 84 valence electrons. The van der Waals surface area contributed by atoms with Crippen molar-refractivity contribution in [1.29, 1.82) is 0 Å². The fraction of sp³-hybridized carbons (Fsp3) is 0.300. The van der Waals surface area contributed by atoms with Crippen LogP contribution in [0.15, 0.2) is 24.3 Å². The molecule has 0 spiro atoms. The second kappa shape index (κ2) is 5.58. The van der Waals surface area contributed by atoms with Gasteiger partial charge in [-0.3, -0.25) is 4.79 Å². The van der Waals surface area contributed by atoms with E-state index in [1.807, 2.05) is 0 Å². The largest absolute Gasteiger partial charge is 0.508 e. The molecule has 2 atom stereocenters. The Morgan fingerprint density at radius 3 is 2.20 bits per heavy atom. The van der Waals surface area contributed by atoms with Crippen molar-refractivity contribution in [2.45, 2.75) is 18.9 Å². The minimum Gasteiger partial charge on any atom is -0.508 e. The van der Waals surface area contributed by atoms with E-state index >= 15 is 0 Å². The average molecular weight is 232 g/mol. The summed E-state index contributed by atoms with van der Waals surface area (Å²) in [5, 5.41) is 17.7. The molecule has 1 aromatic carbocycles. The van der Waals surface area contributed by atoms with E-state index in [1.165, 1.54) is 12.1 Å². The molecule has 15 heavy (non-hydrogen) atoms. The molecule has 0 aliphatic rings. The lowest BCUT2D eigenvalue weighted by Gasteiger charge is -2.15. The summed E-state index contributed by atoms with van der Waals surface area (Å²) in [7, 11) is 0. The molecule has 0 fully saturated rings. The Morgan fingerprint density at radius 1 is 1.33 bits per heavy atom. The molecule has 0 bridgehead atoms. The number of hydrogen-bond donors (Lipinski definition) is 3. The maximum atomic E-state index is 10.6. The van der Waals surface area contributed by atoms with Crippen molar-refractivity contribution in [2.75, 3.05) is 0 Å². The minimum absolute atomic E-state index is 0. The second-order valence-corrected chi connectivity index (χ2v) is 3.24. The van der Waals surface area contributed by atoms with Gasteiger partial charge < -0.3 is 15.9 Å². The van der Waals surface area contributed by atoms with Crippen LogP contribution in [0, 0.1) is 0 Å².